The minimum absolute atomic E-state index is 0.257. The van der Waals surface area contributed by atoms with Crippen molar-refractivity contribution in [1.82, 2.24) is 4.90 Å². The van der Waals surface area contributed by atoms with Crippen LogP contribution in [0.3, 0.4) is 0 Å². The predicted octanol–water partition coefficient (Wildman–Crippen LogP) is 1.29. The summed E-state index contributed by atoms with van der Waals surface area (Å²) in [6, 6.07) is 8.55. The average Bonchev–Trinajstić information content (AvgIpc) is 2.79. The van der Waals surface area contributed by atoms with Gasteiger partial charge in [0.15, 0.2) is 0 Å². The lowest BCUT2D eigenvalue weighted by Gasteiger charge is -2.48. The van der Waals surface area contributed by atoms with E-state index in [9.17, 15) is 5.11 Å². The molecule has 0 amide bonds. The first kappa shape index (κ1) is 13.1. The SMILES string of the molecule is CN1CCC(O)(C2(CN)CCCc3ccccc32)C1. The van der Waals surface area contributed by atoms with Crippen molar-refractivity contribution >= 4 is 0 Å². The van der Waals surface area contributed by atoms with E-state index in [0.29, 0.717) is 6.54 Å². The molecule has 19 heavy (non-hydrogen) atoms. The largest absolute Gasteiger partial charge is 0.388 e. The van der Waals surface area contributed by atoms with Crippen LogP contribution in [0.5, 0.6) is 0 Å². The Balaban J connectivity index is 2.10. The van der Waals surface area contributed by atoms with Crippen molar-refractivity contribution in [2.24, 2.45) is 5.73 Å². The Morgan fingerprint density at radius 3 is 2.79 bits per heavy atom. The molecule has 104 valence electrons. The first-order valence-electron chi connectivity index (χ1n) is 7.31. The molecule has 0 bridgehead atoms. The number of likely N-dealkylation sites (tertiary alicyclic amines) is 1. The summed E-state index contributed by atoms with van der Waals surface area (Å²) in [6.07, 6.45) is 4.07. The van der Waals surface area contributed by atoms with Crippen molar-refractivity contribution in [2.45, 2.75) is 36.7 Å². The van der Waals surface area contributed by atoms with E-state index in [-0.39, 0.29) is 5.41 Å². The summed E-state index contributed by atoms with van der Waals surface area (Å²) in [5, 5.41) is 11.3. The smallest absolute Gasteiger partial charge is 0.0894 e. The Morgan fingerprint density at radius 1 is 1.32 bits per heavy atom. The maximum absolute atomic E-state index is 11.3. The number of benzene rings is 1. The van der Waals surface area contributed by atoms with Crippen LogP contribution in [0.15, 0.2) is 24.3 Å². The number of hydrogen-bond acceptors (Lipinski definition) is 3. The van der Waals surface area contributed by atoms with Crippen molar-refractivity contribution in [3.63, 3.8) is 0 Å². The highest BCUT2D eigenvalue weighted by molar-refractivity contribution is 5.41. The van der Waals surface area contributed by atoms with Gasteiger partial charge in [0.2, 0.25) is 0 Å². The third-order valence-corrected chi connectivity index (χ3v) is 5.26. The highest BCUT2D eigenvalue weighted by atomic mass is 16.3. The fourth-order valence-corrected chi connectivity index (χ4v) is 4.18. The van der Waals surface area contributed by atoms with Crippen molar-refractivity contribution < 1.29 is 5.11 Å². The van der Waals surface area contributed by atoms with Gasteiger partial charge in [0.25, 0.3) is 0 Å². The molecule has 2 aliphatic rings. The first-order valence-corrected chi connectivity index (χ1v) is 7.31. The van der Waals surface area contributed by atoms with Gasteiger partial charge in [-0.1, -0.05) is 24.3 Å². The summed E-state index contributed by atoms with van der Waals surface area (Å²) in [4.78, 5) is 2.22. The number of rotatable bonds is 2. The van der Waals surface area contributed by atoms with Crippen LogP contribution in [0, 0.1) is 0 Å². The molecule has 0 aromatic heterocycles. The second-order valence-corrected chi connectivity index (χ2v) is 6.32. The third-order valence-electron chi connectivity index (χ3n) is 5.26. The summed E-state index contributed by atoms with van der Waals surface area (Å²) in [6.45, 7) is 2.23. The highest BCUT2D eigenvalue weighted by Gasteiger charge is 2.54. The topological polar surface area (TPSA) is 49.5 Å². The van der Waals surface area contributed by atoms with Gasteiger partial charge in [0, 0.05) is 25.0 Å². The molecule has 0 spiro atoms. The average molecular weight is 260 g/mol. The zero-order valence-electron chi connectivity index (χ0n) is 11.7. The lowest BCUT2D eigenvalue weighted by atomic mass is 9.60. The molecule has 1 aliphatic heterocycles. The molecule has 1 heterocycles. The van der Waals surface area contributed by atoms with Gasteiger partial charge in [-0.05, 0) is 43.9 Å². The molecular formula is C16H24N2O. The summed E-state index contributed by atoms with van der Waals surface area (Å²) in [5.74, 6) is 0. The van der Waals surface area contributed by atoms with Crippen molar-refractivity contribution in [3.05, 3.63) is 35.4 Å². The van der Waals surface area contributed by atoms with E-state index in [1.54, 1.807) is 0 Å². The number of hydrogen-bond donors (Lipinski definition) is 2. The highest BCUT2D eigenvalue weighted by Crippen LogP contribution is 2.47. The number of nitrogens with zero attached hydrogens (tertiary/aromatic N) is 1. The number of likely N-dealkylation sites (N-methyl/N-ethyl adjacent to an activating group) is 1. The Labute approximate surface area is 115 Å². The maximum atomic E-state index is 11.3. The summed E-state index contributed by atoms with van der Waals surface area (Å²) in [7, 11) is 2.08. The Hall–Kier alpha value is -0.900. The Bertz CT molecular complexity index is 476. The number of fused-ring (bicyclic) bond motifs is 1. The van der Waals surface area contributed by atoms with Gasteiger partial charge < -0.3 is 15.7 Å². The zero-order valence-corrected chi connectivity index (χ0v) is 11.7. The van der Waals surface area contributed by atoms with Gasteiger partial charge >= 0.3 is 0 Å². The summed E-state index contributed by atoms with van der Waals surface area (Å²) in [5.41, 5.74) is 7.92. The molecule has 2 atom stereocenters. The summed E-state index contributed by atoms with van der Waals surface area (Å²) >= 11 is 0. The lowest BCUT2D eigenvalue weighted by molar-refractivity contribution is -0.0342. The van der Waals surface area contributed by atoms with Gasteiger partial charge in [0.1, 0.15) is 0 Å². The minimum Gasteiger partial charge on any atom is -0.388 e. The van der Waals surface area contributed by atoms with Crippen molar-refractivity contribution in [3.8, 4) is 0 Å². The van der Waals surface area contributed by atoms with Crippen LogP contribution in [0.25, 0.3) is 0 Å². The summed E-state index contributed by atoms with van der Waals surface area (Å²) < 4.78 is 0. The predicted molar refractivity (Wildman–Crippen MR) is 77.2 cm³/mol. The van der Waals surface area contributed by atoms with Gasteiger partial charge in [-0.2, -0.15) is 0 Å². The fraction of sp³-hybridized carbons (Fsp3) is 0.625. The molecule has 3 nitrogen and oxygen atoms in total. The fourth-order valence-electron chi connectivity index (χ4n) is 4.18. The Kier molecular flexibility index (Phi) is 3.16. The first-order chi connectivity index (χ1) is 9.11. The van der Waals surface area contributed by atoms with Crippen LogP contribution in [0.2, 0.25) is 0 Å². The lowest BCUT2D eigenvalue weighted by Crippen LogP contribution is -2.58. The molecule has 1 aromatic rings. The number of aryl methyl sites for hydroxylation is 1. The maximum Gasteiger partial charge on any atom is 0.0894 e. The second-order valence-electron chi connectivity index (χ2n) is 6.32. The van der Waals surface area contributed by atoms with Crippen molar-refractivity contribution in [1.29, 1.82) is 0 Å². The molecule has 1 aliphatic carbocycles. The quantitative estimate of drug-likeness (QED) is 0.842. The molecule has 3 N–H and O–H groups in total. The monoisotopic (exact) mass is 260 g/mol. The molecule has 2 unspecified atom stereocenters. The Morgan fingerprint density at radius 2 is 2.11 bits per heavy atom. The second kappa shape index (κ2) is 4.58. The zero-order chi connectivity index (χ0) is 13.5. The van der Waals surface area contributed by atoms with E-state index in [2.05, 4.69) is 36.2 Å². The van der Waals surface area contributed by atoms with E-state index in [4.69, 9.17) is 5.73 Å². The van der Waals surface area contributed by atoms with Gasteiger partial charge in [0.05, 0.1) is 5.60 Å². The molecule has 1 saturated heterocycles. The molecule has 0 saturated carbocycles. The standard InChI is InChI=1S/C16H24N2O/c1-18-10-9-16(19,12-18)15(11-17)8-4-6-13-5-2-3-7-14(13)15/h2-3,5,7,19H,4,6,8-12,17H2,1H3. The van der Waals surface area contributed by atoms with E-state index in [0.717, 1.165) is 38.8 Å². The van der Waals surface area contributed by atoms with E-state index in [1.807, 2.05) is 0 Å². The van der Waals surface area contributed by atoms with Crippen LogP contribution in [0.4, 0.5) is 0 Å². The van der Waals surface area contributed by atoms with Crippen molar-refractivity contribution in [2.75, 3.05) is 26.7 Å². The molecule has 3 heteroatoms. The van der Waals surface area contributed by atoms with Crippen LogP contribution < -0.4 is 5.73 Å². The van der Waals surface area contributed by atoms with Crippen LogP contribution in [-0.2, 0) is 11.8 Å². The van der Waals surface area contributed by atoms with Gasteiger partial charge in [-0.3, -0.25) is 0 Å². The number of nitrogens with two attached hydrogens (primary N) is 1. The van der Waals surface area contributed by atoms with E-state index < -0.39 is 5.60 Å². The van der Waals surface area contributed by atoms with E-state index in [1.165, 1.54) is 11.1 Å². The molecular weight excluding hydrogens is 236 g/mol. The van der Waals surface area contributed by atoms with Gasteiger partial charge in [-0.15, -0.1) is 0 Å². The van der Waals surface area contributed by atoms with Crippen LogP contribution >= 0.6 is 0 Å². The van der Waals surface area contributed by atoms with Crippen LogP contribution in [0.1, 0.15) is 30.4 Å². The normalized spacial score (nSPS) is 35.3. The van der Waals surface area contributed by atoms with Crippen LogP contribution in [-0.4, -0.2) is 42.3 Å². The van der Waals surface area contributed by atoms with Gasteiger partial charge in [-0.25, -0.2) is 0 Å². The van der Waals surface area contributed by atoms with E-state index >= 15 is 0 Å². The third kappa shape index (κ3) is 1.83. The number of β-amino-alcohol motifs (C(OH)–C–C–N with tert-alkyl or cyclic N) is 1. The molecule has 0 radical (unpaired) electrons. The minimum atomic E-state index is -0.674. The molecule has 1 aromatic carbocycles. The molecule has 3 rings (SSSR count). The molecule has 1 fully saturated rings. The number of aliphatic hydroxyl groups is 1.